The molecule has 1 heterocycles. The third kappa shape index (κ3) is 7.36. The van der Waals surface area contributed by atoms with Gasteiger partial charge in [-0.15, -0.1) is 0 Å². The van der Waals surface area contributed by atoms with Gasteiger partial charge in [0.25, 0.3) is 0 Å². The van der Waals surface area contributed by atoms with Gasteiger partial charge in [-0.3, -0.25) is 0 Å². The molecule has 1 aromatic rings. The summed E-state index contributed by atoms with van der Waals surface area (Å²) in [5.74, 6) is 0.608. The topological polar surface area (TPSA) is 97.0 Å². The van der Waals surface area contributed by atoms with Crippen molar-refractivity contribution in [3.05, 3.63) is 29.8 Å². The summed E-state index contributed by atoms with van der Waals surface area (Å²) >= 11 is 0. The number of carbonyl (C=O) groups excluding carboxylic acids is 1. The van der Waals surface area contributed by atoms with E-state index in [9.17, 15) is 13.2 Å². The minimum absolute atomic E-state index is 0.0486. The van der Waals surface area contributed by atoms with Crippen molar-refractivity contribution in [2.24, 2.45) is 0 Å². The Morgan fingerprint density at radius 2 is 1.89 bits per heavy atom. The minimum Gasteiger partial charge on any atom is -0.492 e. The van der Waals surface area contributed by atoms with Crippen LogP contribution in [-0.2, 0) is 14.8 Å². The zero-order valence-electron chi connectivity index (χ0n) is 16.1. The Hall–Kier alpha value is -1.84. The molecule has 0 unspecified atom stereocenters. The molecule has 0 radical (unpaired) electrons. The summed E-state index contributed by atoms with van der Waals surface area (Å²) in [7, 11) is -3.42. The van der Waals surface area contributed by atoms with Crippen LogP contribution in [0.15, 0.2) is 24.3 Å². The first-order valence-corrected chi connectivity index (χ1v) is 10.7. The van der Waals surface area contributed by atoms with Gasteiger partial charge in [0.1, 0.15) is 12.4 Å². The minimum atomic E-state index is -3.42. The van der Waals surface area contributed by atoms with Crippen LogP contribution in [0.3, 0.4) is 0 Å². The third-order valence-electron chi connectivity index (χ3n) is 4.07. The van der Waals surface area contributed by atoms with Crippen LogP contribution in [0.5, 0.6) is 5.75 Å². The Labute approximate surface area is 161 Å². The van der Waals surface area contributed by atoms with Crippen molar-refractivity contribution in [1.82, 2.24) is 14.9 Å². The van der Waals surface area contributed by atoms with Gasteiger partial charge in [0.2, 0.25) is 10.0 Å². The average Bonchev–Trinajstić information content (AvgIpc) is 2.58. The molecule has 0 aliphatic carbocycles. The largest absolute Gasteiger partial charge is 0.492 e. The van der Waals surface area contributed by atoms with Gasteiger partial charge in [0.05, 0.1) is 24.5 Å². The van der Waals surface area contributed by atoms with Crippen LogP contribution < -0.4 is 15.4 Å². The number of hydrogen-bond donors (Lipinski definition) is 2. The monoisotopic (exact) mass is 399 g/mol. The van der Waals surface area contributed by atoms with Gasteiger partial charge in [-0.2, -0.15) is 4.31 Å². The number of amides is 2. The van der Waals surface area contributed by atoms with Gasteiger partial charge in [-0.05, 0) is 38.5 Å². The van der Waals surface area contributed by atoms with E-state index in [1.807, 2.05) is 45.0 Å². The highest BCUT2D eigenvalue weighted by Crippen LogP contribution is 2.14. The van der Waals surface area contributed by atoms with Crippen molar-refractivity contribution >= 4 is 16.1 Å². The lowest BCUT2D eigenvalue weighted by atomic mass is 10.2. The van der Waals surface area contributed by atoms with Crippen LogP contribution in [0.25, 0.3) is 0 Å². The maximum atomic E-state index is 12.4. The molecule has 0 aromatic heterocycles. The molecular formula is C18H29N3O5S. The Balaban J connectivity index is 1.63. The average molecular weight is 400 g/mol. The molecule has 2 amide bonds. The molecule has 1 aliphatic heterocycles. The van der Waals surface area contributed by atoms with Crippen LogP contribution in [0.4, 0.5) is 4.79 Å². The molecule has 2 atom stereocenters. The highest BCUT2D eigenvalue weighted by Gasteiger charge is 2.30. The van der Waals surface area contributed by atoms with Gasteiger partial charge in [-0.1, -0.05) is 12.1 Å². The summed E-state index contributed by atoms with van der Waals surface area (Å²) in [6.45, 7) is 7.07. The second-order valence-corrected chi connectivity index (χ2v) is 8.83. The van der Waals surface area contributed by atoms with Crippen LogP contribution in [0.2, 0.25) is 0 Å². The molecule has 152 valence electrons. The number of ether oxygens (including phenoxy) is 2. The molecule has 1 saturated heterocycles. The molecule has 27 heavy (non-hydrogen) atoms. The number of carbonyl (C=O) groups is 1. The molecule has 1 aromatic carbocycles. The fraction of sp³-hybridized carbons (Fsp3) is 0.611. The predicted octanol–water partition coefficient (Wildman–Crippen LogP) is 1.11. The van der Waals surface area contributed by atoms with E-state index in [-0.39, 0.29) is 24.5 Å². The van der Waals surface area contributed by atoms with E-state index < -0.39 is 16.1 Å². The smallest absolute Gasteiger partial charge is 0.314 e. The van der Waals surface area contributed by atoms with E-state index in [1.165, 1.54) is 4.31 Å². The van der Waals surface area contributed by atoms with E-state index >= 15 is 0 Å². The van der Waals surface area contributed by atoms with Crippen LogP contribution >= 0.6 is 0 Å². The number of aryl methyl sites for hydroxylation is 1. The summed E-state index contributed by atoms with van der Waals surface area (Å²) < 4.78 is 37.3. The number of rotatable bonds is 8. The van der Waals surface area contributed by atoms with Gasteiger partial charge in [-0.25, -0.2) is 13.2 Å². The zero-order chi connectivity index (χ0) is 19.9. The molecule has 0 spiro atoms. The van der Waals surface area contributed by atoms with E-state index in [0.717, 1.165) is 11.3 Å². The van der Waals surface area contributed by atoms with Gasteiger partial charge < -0.3 is 20.1 Å². The molecule has 1 fully saturated rings. The number of sulfonamides is 1. The Bertz CT molecular complexity index is 715. The Morgan fingerprint density at radius 1 is 1.22 bits per heavy atom. The fourth-order valence-corrected chi connectivity index (χ4v) is 4.37. The van der Waals surface area contributed by atoms with Crippen LogP contribution in [0.1, 0.15) is 19.4 Å². The number of urea groups is 1. The summed E-state index contributed by atoms with van der Waals surface area (Å²) in [5, 5.41) is 5.21. The third-order valence-corrected chi connectivity index (χ3v) is 5.88. The van der Waals surface area contributed by atoms with Crippen molar-refractivity contribution in [2.45, 2.75) is 33.0 Å². The van der Waals surface area contributed by atoms with Crippen molar-refractivity contribution in [1.29, 1.82) is 0 Å². The first-order valence-electron chi connectivity index (χ1n) is 9.11. The van der Waals surface area contributed by atoms with Crippen molar-refractivity contribution in [3.63, 3.8) is 0 Å². The second kappa shape index (κ2) is 9.91. The Kier molecular flexibility index (Phi) is 7.88. The lowest BCUT2D eigenvalue weighted by Gasteiger charge is -2.34. The number of hydrogen-bond acceptors (Lipinski definition) is 5. The highest BCUT2D eigenvalue weighted by atomic mass is 32.2. The fourth-order valence-electron chi connectivity index (χ4n) is 2.88. The first-order chi connectivity index (χ1) is 12.8. The molecule has 0 bridgehead atoms. The van der Waals surface area contributed by atoms with E-state index in [2.05, 4.69) is 10.6 Å². The summed E-state index contributed by atoms with van der Waals surface area (Å²) in [6.07, 6.45) is -0.263. The lowest BCUT2D eigenvalue weighted by molar-refractivity contribution is -0.0440. The predicted molar refractivity (Wildman–Crippen MR) is 103 cm³/mol. The van der Waals surface area contributed by atoms with Crippen molar-refractivity contribution in [2.75, 3.05) is 38.5 Å². The van der Waals surface area contributed by atoms with E-state index in [4.69, 9.17) is 9.47 Å². The van der Waals surface area contributed by atoms with Gasteiger partial charge in [0, 0.05) is 19.6 Å². The quantitative estimate of drug-likeness (QED) is 0.639. The number of nitrogens with zero attached hydrogens (tertiary/aromatic N) is 1. The number of benzene rings is 1. The normalized spacial score (nSPS) is 20.9. The van der Waals surface area contributed by atoms with Crippen LogP contribution in [0, 0.1) is 6.92 Å². The molecule has 1 aliphatic rings. The van der Waals surface area contributed by atoms with Crippen molar-refractivity contribution in [3.8, 4) is 5.75 Å². The zero-order valence-corrected chi connectivity index (χ0v) is 16.9. The second-order valence-electron chi connectivity index (χ2n) is 6.74. The molecule has 2 rings (SSSR count). The maximum absolute atomic E-state index is 12.4. The maximum Gasteiger partial charge on any atom is 0.314 e. The summed E-state index contributed by atoms with van der Waals surface area (Å²) in [4.78, 5) is 11.8. The molecule has 0 saturated carbocycles. The molecule has 2 N–H and O–H groups in total. The van der Waals surface area contributed by atoms with Gasteiger partial charge >= 0.3 is 6.03 Å². The number of nitrogens with one attached hydrogen (secondary N) is 2. The first kappa shape index (κ1) is 21.5. The van der Waals surface area contributed by atoms with E-state index in [1.54, 1.807) is 0 Å². The molecule has 8 nitrogen and oxygen atoms in total. The van der Waals surface area contributed by atoms with Crippen LogP contribution in [-0.4, -0.2) is 69.5 Å². The molecule has 9 heteroatoms. The van der Waals surface area contributed by atoms with Crippen molar-refractivity contribution < 1.29 is 22.7 Å². The highest BCUT2D eigenvalue weighted by molar-refractivity contribution is 7.89. The summed E-state index contributed by atoms with van der Waals surface area (Å²) in [5.41, 5.74) is 1.10. The molecular weight excluding hydrogens is 370 g/mol. The summed E-state index contributed by atoms with van der Waals surface area (Å²) in [6, 6.07) is 7.23. The standard InChI is InChI=1S/C18H29N3O5S/c1-14-5-4-6-17(11-14)25-9-7-19-18(22)20-8-10-27(23,24)21-12-15(2)26-16(3)13-21/h4-6,11,15-16H,7-10,12-13H2,1-3H3,(H2,19,20,22)/t15-,16+. The van der Waals surface area contributed by atoms with Gasteiger partial charge in [0.15, 0.2) is 0 Å². The SMILES string of the molecule is Cc1cccc(OCCNC(=O)NCCS(=O)(=O)N2C[C@@H](C)O[C@@H](C)C2)c1. The lowest BCUT2D eigenvalue weighted by Crippen LogP contribution is -2.50. The van der Waals surface area contributed by atoms with E-state index in [0.29, 0.717) is 26.2 Å². The number of morpholine rings is 1. The Morgan fingerprint density at radius 3 is 2.56 bits per heavy atom.